The third kappa shape index (κ3) is 7.66. The van der Waals surface area contributed by atoms with Crippen molar-refractivity contribution in [3.8, 4) is 0 Å². The van der Waals surface area contributed by atoms with Gasteiger partial charge in [-0.1, -0.05) is 20.8 Å². The van der Waals surface area contributed by atoms with Crippen LogP contribution in [0.4, 0.5) is 0 Å². The van der Waals surface area contributed by atoms with Crippen LogP contribution in [0.25, 0.3) is 0 Å². The van der Waals surface area contributed by atoms with E-state index < -0.39 is 0 Å². The summed E-state index contributed by atoms with van der Waals surface area (Å²) in [5, 5.41) is 6.85. The maximum Gasteiger partial charge on any atom is 0.222 e. The molecule has 1 aromatic heterocycles. The Bertz CT molecular complexity index is 531. The minimum atomic E-state index is 0. The zero-order chi connectivity index (χ0) is 17.4. The molecule has 1 atom stereocenters. The fourth-order valence-electron chi connectivity index (χ4n) is 2.71. The zero-order valence-electron chi connectivity index (χ0n) is 15.5. The molecule has 2 heterocycles. The summed E-state index contributed by atoms with van der Waals surface area (Å²) in [6.45, 7) is 9.35. The lowest BCUT2D eigenvalue weighted by atomic mass is 10.2. The standard InChI is InChI=1S/C18H30N4O2.HI/c1-4-17(23)22-10-8-15(13-22)21-18(20-12-14(2)3)19-9-7-16-6-5-11-24-16;/h5-6,11,14-15H,4,7-10,12-13H2,1-3H3,(H2,19,20,21);1H. The molecule has 1 amide bonds. The van der Waals surface area contributed by atoms with E-state index in [0.29, 0.717) is 12.3 Å². The molecular formula is C18H31IN4O2. The van der Waals surface area contributed by atoms with E-state index in [0.717, 1.165) is 50.7 Å². The molecule has 1 aliphatic heterocycles. The normalized spacial score (nSPS) is 17.5. The van der Waals surface area contributed by atoms with Crippen molar-refractivity contribution < 1.29 is 9.21 Å². The third-order valence-electron chi connectivity index (χ3n) is 4.04. The molecule has 2 rings (SSSR count). The second kappa shape index (κ2) is 11.4. The first kappa shape index (κ1) is 21.8. The van der Waals surface area contributed by atoms with Gasteiger partial charge in [0.2, 0.25) is 5.91 Å². The summed E-state index contributed by atoms with van der Waals surface area (Å²) in [6, 6.07) is 4.15. The van der Waals surface area contributed by atoms with E-state index in [-0.39, 0.29) is 35.9 Å². The van der Waals surface area contributed by atoms with Crippen molar-refractivity contribution in [1.82, 2.24) is 15.5 Å². The van der Waals surface area contributed by atoms with Gasteiger partial charge in [0.15, 0.2) is 5.96 Å². The van der Waals surface area contributed by atoms with Crippen molar-refractivity contribution in [3.63, 3.8) is 0 Å². The fraction of sp³-hybridized carbons (Fsp3) is 0.667. The number of carbonyl (C=O) groups is 1. The molecule has 25 heavy (non-hydrogen) atoms. The predicted molar refractivity (Wildman–Crippen MR) is 111 cm³/mol. The maximum atomic E-state index is 11.8. The average Bonchev–Trinajstić information content (AvgIpc) is 3.23. The number of guanidine groups is 1. The van der Waals surface area contributed by atoms with Crippen molar-refractivity contribution in [2.24, 2.45) is 10.9 Å². The van der Waals surface area contributed by atoms with E-state index in [1.165, 1.54) is 0 Å². The molecule has 0 bridgehead atoms. The topological polar surface area (TPSA) is 69.9 Å². The second-order valence-electron chi connectivity index (χ2n) is 6.66. The molecule has 1 saturated heterocycles. The van der Waals surface area contributed by atoms with Crippen LogP contribution in [0.1, 0.15) is 39.4 Å². The summed E-state index contributed by atoms with van der Waals surface area (Å²) in [5.74, 6) is 2.53. The van der Waals surface area contributed by atoms with Crippen molar-refractivity contribution in [1.29, 1.82) is 0 Å². The van der Waals surface area contributed by atoms with Crippen LogP contribution >= 0.6 is 24.0 Å². The Morgan fingerprint density at radius 3 is 2.92 bits per heavy atom. The van der Waals surface area contributed by atoms with E-state index in [1.807, 2.05) is 24.0 Å². The van der Waals surface area contributed by atoms with E-state index in [2.05, 4.69) is 29.5 Å². The first-order valence-corrected chi connectivity index (χ1v) is 8.93. The Hall–Kier alpha value is -1.25. The van der Waals surface area contributed by atoms with Crippen molar-refractivity contribution in [3.05, 3.63) is 24.2 Å². The molecule has 2 N–H and O–H groups in total. The monoisotopic (exact) mass is 462 g/mol. The second-order valence-corrected chi connectivity index (χ2v) is 6.66. The van der Waals surface area contributed by atoms with E-state index in [1.54, 1.807) is 6.26 Å². The van der Waals surface area contributed by atoms with E-state index in [9.17, 15) is 4.79 Å². The van der Waals surface area contributed by atoms with E-state index in [4.69, 9.17) is 4.42 Å². The first-order chi connectivity index (χ1) is 11.6. The number of aliphatic imine (C=N–C) groups is 1. The zero-order valence-corrected chi connectivity index (χ0v) is 17.8. The third-order valence-corrected chi connectivity index (χ3v) is 4.04. The Morgan fingerprint density at radius 2 is 2.28 bits per heavy atom. The fourth-order valence-corrected chi connectivity index (χ4v) is 2.71. The summed E-state index contributed by atoms with van der Waals surface area (Å²) in [4.78, 5) is 18.4. The van der Waals surface area contributed by atoms with Gasteiger partial charge in [-0.15, -0.1) is 24.0 Å². The maximum absolute atomic E-state index is 11.8. The molecule has 0 aromatic carbocycles. The minimum absolute atomic E-state index is 0. The highest BCUT2D eigenvalue weighted by Crippen LogP contribution is 2.10. The van der Waals surface area contributed by atoms with Gasteiger partial charge < -0.3 is 20.0 Å². The summed E-state index contributed by atoms with van der Waals surface area (Å²) in [5.41, 5.74) is 0. The van der Waals surface area contributed by atoms with Crippen LogP contribution in [0.3, 0.4) is 0 Å². The average molecular weight is 462 g/mol. The van der Waals surface area contributed by atoms with Crippen molar-refractivity contribution in [2.45, 2.75) is 46.1 Å². The van der Waals surface area contributed by atoms with Gasteiger partial charge in [0.1, 0.15) is 5.76 Å². The molecule has 1 fully saturated rings. The first-order valence-electron chi connectivity index (χ1n) is 8.93. The highest BCUT2D eigenvalue weighted by atomic mass is 127. The number of hydrogen-bond acceptors (Lipinski definition) is 3. The highest BCUT2D eigenvalue weighted by molar-refractivity contribution is 14.0. The molecule has 7 heteroatoms. The summed E-state index contributed by atoms with van der Waals surface area (Å²) in [6.07, 6.45) is 4.05. The number of carbonyl (C=O) groups excluding carboxylic acids is 1. The number of halogens is 1. The lowest BCUT2D eigenvalue weighted by molar-refractivity contribution is -0.129. The number of likely N-dealkylation sites (tertiary alicyclic amines) is 1. The Kier molecular flexibility index (Phi) is 9.92. The molecular weight excluding hydrogens is 431 g/mol. The van der Waals surface area contributed by atoms with Crippen LogP contribution in [-0.2, 0) is 11.2 Å². The largest absolute Gasteiger partial charge is 0.469 e. The quantitative estimate of drug-likeness (QED) is 0.372. The molecule has 0 aliphatic carbocycles. The molecule has 0 spiro atoms. The van der Waals surface area contributed by atoms with Gasteiger partial charge in [-0.2, -0.15) is 0 Å². The minimum Gasteiger partial charge on any atom is -0.469 e. The van der Waals surface area contributed by atoms with Gasteiger partial charge in [-0.3, -0.25) is 9.79 Å². The smallest absolute Gasteiger partial charge is 0.222 e. The van der Waals surface area contributed by atoms with Gasteiger partial charge >= 0.3 is 0 Å². The van der Waals surface area contributed by atoms with Gasteiger partial charge in [0.25, 0.3) is 0 Å². The van der Waals surface area contributed by atoms with Crippen LogP contribution in [0.2, 0.25) is 0 Å². The summed E-state index contributed by atoms with van der Waals surface area (Å²) < 4.78 is 5.36. The number of nitrogens with one attached hydrogen (secondary N) is 2. The van der Waals surface area contributed by atoms with Crippen LogP contribution in [0, 0.1) is 5.92 Å². The molecule has 142 valence electrons. The van der Waals surface area contributed by atoms with Crippen LogP contribution in [0.15, 0.2) is 27.8 Å². The summed E-state index contributed by atoms with van der Waals surface area (Å²) >= 11 is 0. The molecule has 1 aliphatic rings. The van der Waals surface area contributed by atoms with Crippen LogP contribution in [0.5, 0.6) is 0 Å². The van der Waals surface area contributed by atoms with Crippen molar-refractivity contribution in [2.75, 3.05) is 26.2 Å². The molecule has 1 unspecified atom stereocenters. The van der Waals surface area contributed by atoms with Crippen molar-refractivity contribution >= 4 is 35.8 Å². The van der Waals surface area contributed by atoms with Gasteiger partial charge in [-0.05, 0) is 24.5 Å². The number of nitrogens with zero attached hydrogens (tertiary/aromatic N) is 2. The SMILES string of the molecule is CCC(=O)N1CCC(NC(=NCC(C)C)NCCc2ccco2)C1.I. The number of rotatable bonds is 7. The van der Waals surface area contributed by atoms with Gasteiger partial charge in [0.05, 0.1) is 6.26 Å². The lowest BCUT2D eigenvalue weighted by Crippen LogP contribution is -2.45. The lowest BCUT2D eigenvalue weighted by Gasteiger charge is -2.19. The Balaban J connectivity index is 0.00000312. The van der Waals surface area contributed by atoms with Gasteiger partial charge in [-0.25, -0.2) is 0 Å². The predicted octanol–water partition coefficient (Wildman–Crippen LogP) is 2.64. The number of furan rings is 1. The molecule has 6 nitrogen and oxygen atoms in total. The Morgan fingerprint density at radius 1 is 1.48 bits per heavy atom. The highest BCUT2D eigenvalue weighted by Gasteiger charge is 2.25. The number of amides is 1. The number of hydrogen-bond donors (Lipinski definition) is 2. The molecule has 0 radical (unpaired) electrons. The Labute approximate surface area is 167 Å². The van der Waals surface area contributed by atoms with E-state index >= 15 is 0 Å². The van der Waals surface area contributed by atoms with Crippen LogP contribution < -0.4 is 10.6 Å². The van der Waals surface area contributed by atoms with Gasteiger partial charge in [0, 0.05) is 45.1 Å². The molecule has 0 saturated carbocycles. The summed E-state index contributed by atoms with van der Waals surface area (Å²) in [7, 11) is 0. The molecule has 1 aromatic rings. The van der Waals surface area contributed by atoms with Crippen LogP contribution in [-0.4, -0.2) is 49.0 Å².